The van der Waals surface area contributed by atoms with E-state index < -0.39 is 9.84 Å². The number of aryl methyl sites for hydroxylation is 2. The minimum Gasteiger partial charge on any atom is -0.494 e. The second kappa shape index (κ2) is 11.3. The molecule has 3 rings (SSSR count). The molecule has 1 heterocycles. The van der Waals surface area contributed by atoms with E-state index >= 15 is 0 Å². The van der Waals surface area contributed by atoms with Gasteiger partial charge in [-0.05, 0) is 49.6 Å². The SMILES string of the molecule is C=CCn1c(CS(=O)(=O)c2ccc(C)cc2)nnc1SCCCOc1ccc(CC)cc1. The molecule has 8 heteroatoms. The van der Waals surface area contributed by atoms with E-state index in [0.717, 1.165) is 29.9 Å². The Morgan fingerprint density at radius 3 is 2.47 bits per heavy atom. The molecule has 0 aliphatic rings. The van der Waals surface area contributed by atoms with Gasteiger partial charge in [-0.25, -0.2) is 8.42 Å². The number of ether oxygens (including phenoxy) is 1. The van der Waals surface area contributed by atoms with E-state index in [1.807, 2.05) is 23.6 Å². The monoisotopic (exact) mass is 471 g/mol. The van der Waals surface area contributed by atoms with Gasteiger partial charge in [-0.3, -0.25) is 0 Å². The molecule has 170 valence electrons. The molecular formula is C24H29N3O3S2. The summed E-state index contributed by atoms with van der Waals surface area (Å²) >= 11 is 1.54. The third-order valence-electron chi connectivity index (χ3n) is 4.92. The highest BCUT2D eigenvalue weighted by Gasteiger charge is 2.21. The second-order valence-electron chi connectivity index (χ2n) is 7.42. The Bertz CT molecular complexity index is 1120. The van der Waals surface area contributed by atoms with Crippen LogP contribution in [0.1, 0.15) is 30.3 Å². The van der Waals surface area contributed by atoms with E-state index in [1.165, 1.54) is 17.3 Å². The van der Waals surface area contributed by atoms with Crippen LogP contribution in [0.15, 0.2) is 71.2 Å². The lowest BCUT2D eigenvalue weighted by Crippen LogP contribution is -2.11. The summed E-state index contributed by atoms with van der Waals surface area (Å²) < 4.78 is 33.3. The van der Waals surface area contributed by atoms with Crippen molar-refractivity contribution in [2.75, 3.05) is 12.4 Å². The fourth-order valence-electron chi connectivity index (χ4n) is 3.08. The van der Waals surface area contributed by atoms with Crippen LogP contribution in [0.25, 0.3) is 0 Å². The van der Waals surface area contributed by atoms with Gasteiger partial charge in [0.2, 0.25) is 0 Å². The fraction of sp³-hybridized carbons (Fsp3) is 0.333. The minimum atomic E-state index is -3.51. The van der Waals surface area contributed by atoms with Crippen molar-refractivity contribution in [1.29, 1.82) is 0 Å². The Morgan fingerprint density at radius 1 is 1.09 bits per heavy atom. The smallest absolute Gasteiger partial charge is 0.191 e. The van der Waals surface area contributed by atoms with E-state index in [-0.39, 0.29) is 10.6 Å². The average molecular weight is 472 g/mol. The van der Waals surface area contributed by atoms with Crippen molar-refractivity contribution in [2.24, 2.45) is 0 Å². The van der Waals surface area contributed by atoms with Crippen molar-refractivity contribution in [2.45, 2.75) is 49.0 Å². The zero-order chi connectivity index (χ0) is 23.0. The van der Waals surface area contributed by atoms with Crippen LogP contribution in [0.4, 0.5) is 0 Å². The summed E-state index contributed by atoms with van der Waals surface area (Å²) in [5.41, 5.74) is 2.30. The van der Waals surface area contributed by atoms with E-state index in [4.69, 9.17) is 4.74 Å². The number of hydrogen-bond donors (Lipinski definition) is 0. The van der Waals surface area contributed by atoms with Crippen molar-refractivity contribution < 1.29 is 13.2 Å². The van der Waals surface area contributed by atoms with Crippen molar-refractivity contribution in [3.63, 3.8) is 0 Å². The Kier molecular flexibility index (Phi) is 8.53. The highest BCUT2D eigenvalue weighted by molar-refractivity contribution is 7.99. The number of sulfone groups is 1. The summed E-state index contributed by atoms with van der Waals surface area (Å²) in [5, 5.41) is 9.07. The molecule has 6 nitrogen and oxygen atoms in total. The average Bonchev–Trinajstić information content (AvgIpc) is 3.15. The first kappa shape index (κ1) is 24.1. The first-order valence-corrected chi connectivity index (χ1v) is 13.2. The molecule has 0 atom stereocenters. The van der Waals surface area contributed by atoms with Crippen LogP contribution in [0.3, 0.4) is 0 Å². The Labute approximate surface area is 194 Å². The van der Waals surface area contributed by atoms with Crippen LogP contribution in [-0.2, 0) is 28.6 Å². The van der Waals surface area contributed by atoms with Crippen LogP contribution >= 0.6 is 11.8 Å². The van der Waals surface area contributed by atoms with E-state index in [0.29, 0.717) is 24.1 Å². The third-order valence-corrected chi connectivity index (χ3v) is 7.61. The lowest BCUT2D eigenvalue weighted by molar-refractivity contribution is 0.318. The second-order valence-corrected chi connectivity index (χ2v) is 10.5. The van der Waals surface area contributed by atoms with Gasteiger partial charge in [-0.2, -0.15) is 0 Å². The molecule has 0 saturated heterocycles. The number of rotatable bonds is 12. The van der Waals surface area contributed by atoms with Crippen molar-refractivity contribution in [3.05, 3.63) is 78.1 Å². The molecule has 0 amide bonds. The maximum absolute atomic E-state index is 12.8. The highest BCUT2D eigenvalue weighted by Crippen LogP contribution is 2.22. The molecule has 0 bridgehead atoms. The van der Waals surface area contributed by atoms with E-state index in [2.05, 4.69) is 35.8 Å². The van der Waals surface area contributed by atoms with Gasteiger partial charge in [0.1, 0.15) is 17.3 Å². The van der Waals surface area contributed by atoms with E-state index in [1.54, 1.807) is 30.3 Å². The zero-order valence-corrected chi connectivity index (χ0v) is 20.2. The van der Waals surface area contributed by atoms with Crippen LogP contribution in [0.2, 0.25) is 0 Å². The highest BCUT2D eigenvalue weighted by atomic mass is 32.2. The van der Waals surface area contributed by atoms with Gasteiger partial charge in [0.05, 0.1) is 11.5 Å². The van der Waals surface area contributed by atoms with Gasteiger partial charge >= 0.3 is 0 Å². The molecule has 0 unspecified atom stereocenters. The molecule has 32 heavy (non-hydrogen) atoms. The predicted octanol–water partition coefficient (Wildman–Crippen LogP) is 4.87. The molecule has 0 saturated carbocycles. The third kappa shape index (κ3) is 6.46. The number of nitrogens with zero attached hydrogens (tertiary/aromatic N) is 3. The van der Waals surface area contributed by atoms with Gasteiger partial charge < -0.3 is 9.30 Å². The summed E-state index contributed by atoms with van der Waals surface area (Å²) in [6.07, 6.45) is 3.56. The van der Waals surface area contributed by atoms with Crippen molar-refractivity contribution >= 4 is 21.6 Å². The van der Waals surface area contributed by atoms with Crippen LogP contribution in [-0.4, -0.2) is 35.5 Å². The normalized spacial score (nSPS) is 11.4. The first-order valence-electron chi connectivity index (χ1n) is 10.6. The van der Waals surface area contributed by atoms with Crippen LogP contribution < -0.4 is 4.74 Å². The number of hydrogen-bond acceptors (Lipinski definition) is 6. The molecular weight excluding hydrogens is 442 g/mol. The first-order chi connectivity index (χ1) is 15.4. The zero-order valence-electron chi connectivity index (χ0n) is 18.5. The van der Waals surface area contributed by atoms with Crippen LogP contribution in [0.5, 0.6) is 5.75 Å². The van der Waals surface area contributed by atoms with Gasteiger partial charge in [0.25, 0.3) is 0 Å². The molecule has 0 N–H and O–H groups in total. The molecule has 2 aromatic carbocycles. The Hall–Kier alpha value is -2.58. The van der Waals surface area contributed by atoms with Crippen LogP contribution in [0, 0.1) is 6.92 Å². The van der Waals surface area contributed by atoms with Gasteiger partial charge in [0.15, 0.2) is 15.0 Å². The largest absolute Gasteiger partial charge is 0.494 e. The fourth-order valence-corrected chi connectivity index (χ4v) is 5.23. The van der Waals surface area contributed by atoms with E-state index in [9.17, 15) is 8.42 Å². The summed E-state index contributed by atoms with van der Waals surface area (Å²) in [5.74, 6) is 1.87. The standard InChI is InChI=1S/C24H29N3O3S2/c1-4-15-27-23(18-32(28,29)22-13-7-19(3)8-14-22)25-26-24(27)31-17-6-16-30-21-11-9-20(5-2)10-12-21/h4,7-14H,1,5-6,15-18H2,2-3H3. The molecule has 3 aromatic rings. The summed E-state index contributed by atoms with van der Waals surface area (Å²) in [6, 6.07) is 15.0. The predicted molar refractivity (Wildman–Crippen MR) is 129 cm³/mol. The van der Waals surface area contributed by atoms with Gasteiger partial charge in [-0.1, -0.05) is 54.6 Å². The van der Waals surface area contributed by atoms with Crippen molar-refractivity contribution in [3.8, 4) is 5.75 Å². The Morgan fingerprint density at radius 2 is 1.81 bits per heavy atom. The topological polar surface area (TPSA) is 74.1 Å². The maximum atomic E-state index is 12.8. The molecule has 0 aliphatic carbocycles. The molecule has 1 aromatic heterocycles. The summed E-state index contributed by atoms with van der Waals surface area (Å²) in [6.45, 7) is 8.89. The number of thioether (sulfide) groups is 1. The molecule has 0 radical (unpaired) electrons. The lowest BCUT2D eigenvalue weighted by atomic mass is 10.2. The molecule has 0 spiro atoms. The number of benzene rings is 2. The quantitative estimate of drug-likeness (QED) is 0.213. The minimum absolute atomic E-state index is 0.200. The Balaban J connectivity index is 1.57. The maximum Gasteiger partial charge on any atom is 0.191 e. The number of aromatic nitrogens is 3. The molecule has 0 aliphatic heterocycles. The van der Waals surface area contributed by atoms with Gasteiger partial charge in [-0.15, -0.1) is 16.8 Å². The number of allylic oxidation sites excluding steroid dienone is 1. The van der Waals surface area contributed by atoms with Gasteiger partial charge in [0, 0.05) is 12.3 Å². The molecule has 0 fully saturated rings. The van der Waals surface area contributed by atoms with Crippen molar-refractivity contribution in [1.82, 2.24) is 14.8 Å². The summed E-state index contributed by atoms with van der Waals surface area (Å²) in [7, 11) is -3.51. The summed E-state index contributed by atoms with van der Waals surface area (Å²) in [4.78, 5) is 0.287. The lowest BCUT2D eigenvalue weighted by Gasteiger charge is -2.09.